The topological polar surface area (TPSA) is 49.4 Å². The molecule has 2 aromatic carbocycles. The summed E-state index contributed by atoms with van der Waals surface area (Å²) < 4.78 is 0. The van der Waals surface area contributed by atoms with Crippen molar-refractivity contribution >= 4 is 11.8 Å². The van der Waals surface area contributed by atoms with Gasteiger partial charge in [0.05, 0.1) is 0 Å². The molecule has 0 bridgehead atoms. The molecule has 1 aliphatic carbocycles. The zero-order chi connectivity index (χ0) is 19.1. The summed E-state index contributed by atoms with van der Waals surface area (Å²) in [5, 5.41) is 3.04. The highest BCUT2D eigenvalue weighted by Gasteiger charge is 2.20. The number of amides is 2. The van der Waals surface area contributed by atoms with E-state index in [-0.39, 0.29) is 17.7 Å². The molecule has 3 rings (SSSR count). The lowest BCUT2D eigenvalue weighted by atomic mass is 9.88. The molecule has 27 heavy (non-hydrogen) atoms. The highest BCUT2D eigenvalue weighted by atomic mass is 16.2. The second kappa shape index (κ2) is 9.36. The second-order valence-electron chi connectivity index (χ2n) is 7.40. The van der Waals surface area contributed by atoms with Crippen LogP contribution >= 0.6 is 0 Å². The number of nitrogens with zero attached hydrogens (tertiary/aromatic N) is 1. The first kappa shape index (κ1) is 19.2. The van der Waals surface area contributed by atoms with Crippen molar-refractivity contribution in [3.8, 4) is 0 Å². The summed E-state index contributed by atoms with van der Waals surface area (Å²) in [6.07, 6.45) is 5.58. The summed E-state index contributed by atoms with van der Waals surface area (Å²) in [6.45, 7) is 1.10. The molecular weight excluding hydrogens is 336 g/mol. The fraction of sp³-hybridized carbons (Fsp3) is 0.391. The molecule has 0 atom stereocenters. The Kier molecular flexibility index (Phi) is 6.64. The largest absolute Gasteiger partial charge is 0.352 e. The number of nitrogens with one attached hydrogen (secondary N) is 1. The van der Waals surface area contributed by atoms with Crippen LogP contribution in [0.2, 0.25) is 0 Å². The summed E-state index contributed by atoms with van der Waals surface area (Å²) in [6, 6.07) is 17.5. The Bertz CT molecular complexity index is 750. The van der Waals surface area contributed by atoms with Crippen LogP contribution in [0, 0.1) is 5.92 Å². The van der Waals surface area contributed by atoms with Gasteiger partial charge in [-0.15, -0.1) is 0 Å². The standard InChI is InChI=1S/C23H28N2O2/c1-25(17-19-8-4-2-5-9-19)23(27)21-14-12-18(13-15-21)16-24-22(26)20-10-6-3-7-11-20/h2,4-5,8-9,12-15,20H,3,6-7,10-11,16-17H2,1H3,(H,24,26). The van der Waals surface area contributed by atoms with Gasteiger partial charge in [0.1, 0.15) is 0 Å². The zero-order valence-electron chi connectivity index (χ0n) is 16.0. The van der Waals surface area contributed by atoms with Crippen molar-refractivity contribution in [2.45, 2.75) is 45.2 Å². The van der Waals surface area contributed by atoms with Gasteiger partial charge < -0.3 is 10.2 Å². The van der Waals surface area contributed by atoms with Crippen molar-refractivity contribution < 1.29 is 9.59 Å². The zero-order valence-corrected chi connectivity index (χ0v) is 16.0. The van der Waals surface area contributed by atoms with Crippen LogP contribution in [-0.4, -0.2) is 23.8 Å². The number of hydrogen-bond acceptors (Lipinski definition) is 2. The van der Waals surface area contributed by atoms with Crippen LogP contribution in [0.15, 0.2) is 54.6 Å². The van der Waals surface area contributed by atoms with E-state index in [0.29, 0.717) is 18.7 Å². The predicted octanol–water partition coefficient (Wildman–Crippen LogP) is 4.16. The molecule has 0 aliphatic heterocycles. The maximum atomic E-state index is 12.6. The third-order valence-corrected chi connectivity index (χ3v) is 5.25. The summed E-state index contributed by atoms with van der Waals surface area (Å²) in [4.78, 5) is 26.5. The fourth-order valence-corrected chi connectivity index (χ4v) is 3.61. The van der Waals surface area contributed by atoms with Crippen molar-refractivity contribution in [3.05, 3.63) is 71.3 Å². The van der Waals surface area contributed by atoms with Crippen LogP contribution in [0.1, 0.15) is 53.6 Å². The van der Waals surface area contributed by atoms with Gasteiger partial charge in [-0.1, -0.05) is 61.7 Å². The molecule has 2 amide bonds. The number of hydrogen-bond donors (Lipinski definition) is 1. The van der Waals surface area contributed by atoms with Gasteiger partial charge in [-0.25, -0.2) is 0 Å². The number of rotatable bonds is 6. The van der Waals surface area contributed by atoms with Crippen molar-refractivity contribution in [3.63, 3.8) is 0 Å². The van der Waals surface area contributed by atoms with Crippen LogP contribution in [0.25, 0.3) is 0 Å². The highest BCUT2D eigenvalue weighted by Crippen LogP contribution is 2.23. The summed E-state index contributed by atoms with van der Waals surface area (Å²) in [5.41, 5.74) is 2.78. The third kappa shape index (κ3) is 5.43. The minimum atomic E-state index is -0.00311. The Morgan fingerprint density at radius 1 is 0.926 bits per heavy atom. The lowest BCUT2D eigenvalue weighted by molar-refractivity contribution is -0.126. The average molecular weight is 364 g/mol. The summed E-state index contributed by atoms with van der Waals surface area (Å²) >= 11 is 0. The monoisotopic (exact) mass is 364 g/mol. The molecule has 0 spiro atoms. The van der Waals surface area contributed by atoms with E-state index >= 15 is 0 Å². The molecule has 4 heteroatoms. The van der Waals surface area contributed by atoms with Gasteiger partial charge in [-0.2, -0.15) is 0 Å². The Labute approximate surface area is 161 Å². The molecule has 0 heterocycles. The van der Waals surface area contributed by atoms with Gasteiger partial charge in [-0.05, 0) is 36.1 Å². The minimum Gasteiger partial charge on any atom is -0.352 e. The third-order valence-electron chi connectivity index (χ3n) is 5.25. The molecule has 0 radical (unpaired) electrons. The molecule has 0 unspecified atom stereocenters. The van der Waals surface area contributed by atoms with E-state index in [2.05, 4.69) is 5.32 Å². The Morgan fingerprint density at radius 3 is 2.26 bits per heavy atom. The molecule has 1 aliphatic rings. The van der Waals surface area contributed by atoms with Crippen LogP contribution in [0.5, 0.6) is 0 Å². The molecule has 1 N–H and O–H groups in total. The Balaban J connectivity index is 1.51. The van der Waals surface area contributed by atoms with E-state index in [1.807, 2.05) is 61.6 Å². The maximum absolute atomic E-state index is 12.6. The molecule has 0 saturated heterocycles. The minimum absolute atomic E-state index is 0.00311. The average Bonchev–Trinajstić information content (AvgIpc) is 2.73. The SMILES string of the molecule is CN(Cc1ccccc1)C(=O)c1ccc(CNC(=O)C2CCCCC2)cc1. The van der Waals surface area contributed by atoms with Gasteiger partial charge in [0, 0.05) is 31.6 Å². The summed E-state index contributed by atoms with van der Waals surface area (Å²) in [5.74, 6) is 0.334. The quantitative estimate of drug-likeness (QED) is 0.837. The van der Waals surface area contributed by atoms with E-state index in [0.717, 1.165) is 36.8 Å². The molecule has 1 fully saturated rings. The van der Waals surface area contributed by atoms with Crippen LogP contribution < -0.4 is 5.32 Å². The van der Waals surface area contributed by atoms with Gasteiger partial charge in [0.15, 0.2) is 0 Å². The second-order valence-corrected chi connectivity index (χ2v) is 7.40. The van der Waals surface area contributed by atoms with E-state index in [4.69, 9.17) is 0 Å². The van der Waals surface area contributed by atoms with E-state index in [1.54, 1.807) is 4.90 Å². The first-order valence-corrected chi connectivity index (χ1v) is 9.79. The molecule has 0 aromatic heterocycles. The first-order chi connectivity index (χ1) is 13.1. The Morgan fingerprint density at radius 2 is 1.59 bits per heavy atom. The number of carbonyl (C=O) groups excluding carboxylic acids is 2. The van der Waals surface area contributed by atoms with Crippen LogP contribution in [0.4, 0.5) is 0 Å². The van der Waals surface area contributed by atoms with Gasteiger partial charge >= 0.3 is 0 Å². The van der Waals surface area contributed by atoms with E-state index < -0.39 is 0 Å². The van der Waals surface area contributed by atoms with E-state index in [9.17, 15) is 9.59 Å². The lowest BCUT2D eigenvalue weighted by Crippen LogP contribution is -2.31. The maximum Gasteiger partial charge on any atom is 0.253 e. The van der Waals surface area contributed by atoms with E-state index in [1.165, 1.54) is 6.42 Å². The molecule has 2 aromatic rings. The van der Waals surface area contributed by atoms with Crippen LogP contribution in [-0.2, 0) is 17.9 Å². The van der Waals surface area contributed by atoms with Crippen molar-refractivity contribution in [1.82, 2.24) is 10.2 Å². The molecule has 142 valence electrons. The smallest absolute Gasteiger partial charge is 0.253 e. The number of benzene rings is 2. The number of carbonyl (C=O) groups is 2. The van der Waals surface area contributed by atoms with Crippen LogP contribution in [0.3, 0.4) is 0 Å². The highest BCUT2D eigenvalue weighted by molar-refractivity contribution is 5.94. The van der Waals surface area contributed by atoms with Crippen molar-refractivity contribution in [2.75, 3.05) is 7.05 Å². The van der Waals surface area contributed by atoms with Gasteiger partial charge in [-0.3, -0.25) is 9.59 Å². The van der Waals surface area contributed by atoms with Crippen molar-refractivity contribution in [2.24, 2.45) is 5.92 Å². The normalized spacial score (nSPS) is 14.6. The van der Waals surface area contributed by atoms with Crippen molar-refractivity contribution in [1.29, 1.82) is 0 Å². The van der Waals surface area contributed by atoms with Gasteiger partial charge in [0.2, 0.25) is 5.91 Å². The fourth-order valence-electron chi connectivity index (χ4n) is 3.61. The first-order valence-electron chi connectivity index (χ1n) is 9.79. The predicted molar refractivity (Wildman–Crippen MR) is 107 cm³/mol. The summed E-state index contributed by atoms with van der Waals surface area (Å²) in [7, 11) is 1.81. The van der Waals surface area contributed by atoms with Gasteiger partial charge in [0.25, 0.3) is 5.91 Å². The molecular formula is C23H28N2O2. The Hall–Kier alpha value is -2.62. The lowest BCUT2D eigenvalue weighted by Gasteiger charge is -2.20. The molecule has 1 saturated carbocycles. The molecule has 4 nitrogen and oxygen atoms in total.